The van der Waals surface area contributed by atoms with Gasteiger partial charge in [-0.3, -0.25) is 4.79 Å². The molecule has 6 nitrogen and oxygen atoms in total. The van der Waals surface area contributed by atoms with Crippen LogP contribution in [0.4, 0.5) is 10.1 Å². The third-order valence-electron chi connectivity index (χ3n) is 7.03. The molecule has 1 saturated carbocycles. The van der Waals surface area contributed by atoms with Crippen molar-refractivity contribution < 1.29 is 13.4 Å². The summed E-state index contributed by atoms with van der Waals surface area (Å²) in [7, 11) is -1.46. The highest BCUT2D eigenvalue weighted by molar-refractivity contribution is 7.84. The number of carbonyl (C=O) groups is 1. The molecule has 1 heterocycles. The van der Waals surface area contributed by atoms with Gasteiger partial charge in [-0.25, -0.2) is 13.3 Å². The van der Waals surface area contributed by atoms with Crippen molar-refractivity contribution in [3.63, 3.8) is 0 Å². The summed E-state index contributed by atoms with van der Waals surface area (Å²) in [6.07, 6.45) is 5.47. The number of nitrogens with one attached hydrogen (secondary N) is 3. The molecule has 8 heteroatoms. The molecule has 1 aliphatic carbocycles. The van der Waals surface area contributed by atoms with E-state index in [1.807, 2.05) is 39.0 Å². The van der Waals surface area contributed by atoms with Crippen LogP contribution in [0.3, 0.4) is 0 Å². The van der Waals surface area contributed by atoms with E-state index in [-0.39, 0.29) is 17.6 Å². The molecule has 0 radical (unpaired) electrons. The lowest BCUT2D eigenvalue weighted by Crippen LogP contribution is -2.49. The molecule has 2 aliphatic rings. The lowest BCUT2D eigenvalue weighted by atomic mass is 9.79. The molecule has 1 saturated heterocycles. The molecular formula is C28H35FN4O2S. The van der Waals surface area contributed by atoms with Crippen LogP contribution in [-0.2, 0) is 21.3 Å². The Hall–Kier alpha value is -2.60. The quantitative estimate of drug-likeness (QED) is 0.449. The van der Waals surface area contributed by atoms with Gasteiger partial charge in [-0.05, 0) is 94.3 Å². The van der Waals surface area contributed by atoms with Crippen molar-refractivity contribution in [2.75, 3.05) is 11.9 Å². The molecule has 1 unspecified atom stereocenters. The Bertz CT molecular complexity index is 1180. The van der Waals surface area contributed by atoms with E-state index in [1.165, 1.54) is 6.07 Å². The summed E-state index contributed by atoms with van der Waals surface area (Å²) < 4.78 is 31.3. The number of carbonyl (C=O) groups excluding carboxylic acids is 1. The van der Waals surface area contributed by atoms with Gasteiger partial charge >= 0.3 is 0 Å². The second kappa shape index (κ2) is 10.8. The summed E-state index contributed by atoms with van der Waals surface area (Å²) in [5.74, 6) is -0.185. The van der Waals surface area contributed by atoms with Gasteiger partial charge in [-0.1, -0.05) is 31.0 Å². The van der Waals surface area contributed by atoms with Crippen molar-refractivity contribution in [3.8, 4) is 6.07 Å². The molecule has 2 aromatic carbocycles. The predicted octanol–water partition coefficient (Wildman–Crippen LogP) is 4.87. The predicted molar refractivity (Wildman–Crippen MR) is 141 cm³/mol. The minimum Gasteiger partial charge on any atom is -0.322 e. The van der Waals surface area contributed by atoms with Crippen LogP contribution in [0.25, 0.3) is 0 Å². The number of nitriles is 1. The number of hydrogen-bond donors (Lipinski definition) is 3. The van der Waals surface area contributed by atoms with E-state index in [2.05, 4.69) is 21.4 Å². The maximum Gasteiger partial charge on any atom is 0.241 e. The molecule has 3 N–H and O–H groups in total. The molecule has 4 rings (SSSR count). The normalized spacial score (nSPS) is 20.4. The van der Waals surface area contributed by atoms with Crippen molar-refractivity contribution in [1.29, 1.82) is 5.26 Å². The Morgan fingerprint density at radius 2 is 1.92 bits per heavy atom. The first-order valence-corrected chi connectivity index (χ1v) is 13.8. The average molecular weight is 511 g/mol. The number of rotatable bonds is 9. The molecule has 0 aromatic heterocycles. The fraction of sp³-hybridized carbons (Fsp3) is 0.500. The molecule has 192 valence electrons. The van der Waals surface area contributed by atoms with E-state index in [0.717, 1.165) is 37.8 Å². The number of hydrogen-bond acceptors (Lipinski definition) is 4. The Morgan fingerprint density at radius 1 is 1.17 bits per heavy atom. The van der Waals surface area contributed by atoms with Gasteiger partial charge in [0.2, 0.25) is 5.91 Å². The number of anilines is 1. The Balaban J connectivity index is 1.81. The topological polar surface area (TPSA) is 94.0 Å². The van der Waals surface area contributed by atoms with Crippen LogP contribution in [0.1, 0.15) is 76.0 Å². The van der Waals surface area contributed by atoms with Crippen LogP contribution in [0, 0.1) is 23.1 Å². The molecule has 2 fully saturated rings. The summed E-state index contributed by atoms with van der Waals surface area (Å²) in [4.78, 5) is 12.8. The van der Waals surface area contributed by atoms with E-state index < -0.39 is 27.1 Å². The minimum absolute atomic E-state index is 0.0989. The maximum atomic E-state index is 14.9. The van der Waals surface area contributed by atoms with Crippen molar-refractivity contribution in [3.05, 3.63) is 65.0 Å². The van der Waals surface area contributed by atoms with Gasteiger partial charge in [0.15, 0.2) is 0 Å². The number of amides is 1. The number of benzene rings is 2. The van der Waals surface area contributed by atoms with E-state index in [0.29, 0.717) is 29.9 Å². The van der Waals surface area contributed by atoms with Gasteiger partial charge < -0.3 is 10.6 Å². The molecule has 1 amide bonds. The van der Waals surface area contributed by atoms with Gasteiger partial charge in [0, 0.05) is 0 Å². The van der Waals surface area contributed by atoms with E-state index in [9.17, 15) is 18.7 Å². The summed E-state index contributed by atoms with van der Waals surface area (Å²) in [5, 5.41) is 15.5. The number of halogens is 1. The van der Waals surface area contributed by atoms with E-state index >= 15 is 0 Å². The molecule has 1 aliphatic heterocycles. The fourth-order valence-corrected chi connectivity index (χ4v) is 5.59. The second-order valence-electron chi connectivity index (χ2n) is 10.9. The van der Waals surface area contributed by atoms with E-state index in [1.54, 1.807) is 18.2 Å². The van der Waals surface area contributed by atoms with Crippen LogP contribution in [-0.4, -0.2) is 27.4 Å². The SMILES string of the molecule is CC(C)(C)[S@@](=O)N[C@](CCC1CC1)(c1cccc(C#N)c1)c1ccc(F)c(NC(=O)C2CCCN2)c1. The van der Waals surface area contributed by atoms with Gasteiger partial charge in [-0.2, -0.15) is 5.26 Å². The zero-order valence-corrected chi connectivity index (χ0v) is 22.0. The third kappa shape index (κ3) is 6.03. The van der Waals surface area contributed by atoms with Crippen molar-refractivity contribution in [2.45, 2.75) is 75.6 Å². The summed E-state index contributed by atoms with van der Waals surface area (Å²) in [5.41, 5.74) is 1.15. The first-order chi connectivity index (χ1) is 17.1. The monoisotopic (exact) mass is 510 g/mol. The fourth-order valence-electron chi connectivity index (χ4n) is 4.63. The first kappa shape index (κ1) is 26.5. The summed E-state index contributed by atoms with van der Waals surface area (Å²) in [6, 6.07) is 13.8. The highest BCUT2D eigenvalue weighted by atomic mass is 32.2. The zero-order chi connectivity index (χ0) is 25.9. The summed E-state index contributed by atoms with van der Waals surface area (Å²) >= 11 is 0. The Kier molecular flexibility index (Phi) is 7.93. The van der Waals surface area contributed by atoms with Gasteiger partial charge in [0.25, 0.3) is 0 Å². The largest absolute Gasteiger partial charge is 0.322 e. The van der Waals surface area contributed by atoms with Crippen LogP contribution in [0.2, 0.25) is 0 Å². The van der Waals surface area contributed by atoms with Crippen molar-refractivity contribution >= 4 is 22.6 Å². The highest BCUT2D eigenvalue weighted by Gasteiger charge is 2.40. The molecule has 3 atom stereocenters. The standard InChI is InChI=1S/C28H35FN4O2S/c1-27(2,3)36(35)33-28(14-13-19-9-10-19,21-7-4-6-20(16-21)18-30)22-11-12-23(29)25(17-22)32-26(34)24-8-5-15-31-24/h4,6-7,11-12,16-17,19,24,31,33H,5,8-10,13-15H2,1-3H3,(H,32,34)/t24?,28-,36-/m1/s1. The van der Waals surface area contributed by atoms with Gasteiger partial charge in [-0.15, -0.1) is 0 Å². The van der Waals surface area contributed by atoms with Crippen LogP contribution in [0.5, 0.6) is 0 Å². The molecule has 0 bridgehead atoms. The van der Waals surface area contributed by atoms with Crippen LogP contribution < -0.4 is 15.4 Å². The molecule has 0 spiro atoms. The summed E-state index contributed by atoms with van der Waals surface area (Å²) in [6.45, 7) is 6.47. The minimum atomic E-state index is -1.46. The van der Waals surface area contributed by atoms with Crippen LogP contribution >= 0.6 is 0 Å². The van der Waals surface area contributed by atoms with Crippen molar-refractivity contribution in [1.82, 2.24) is 10.0 Å². The zero-order valence-electron chi connectivity index (χ0n) is 21.2. The molecular weight excluding hydrogens is 475 g/mol. The van der Waals surface area contributed by atoms with Crippen LogP contribution in [0.15, 0.2) is 42.5 Å². The lowest BCUT2D eigenvalue weighted by Gasteiger charge is -2.38. The maximum absolute atomic E-state index is 14.9. The Morgan fingerprint density at radius 3 is 2.56 bits per heavy atom. The number of nitrogens with zero attached hydrogens (tertiary/aromatic N) is 1. The first-order valence-electron chi connectivity index (χ1n) is 12.7. The highest BCUT2D eigenvalue weighted by Crippen LogP contribution is 2.43. The molecule has 2 aromatic rings. The smallest absolute Gasteiger partial charge is 0.241 e. The third-order valence-corrected chi connectivity index (χ3v) is 8.67. The molecule has 36 heavy (non-hydrogen) atoms. The lowest BCUT2D eigenvalue weighted by molar-refractivity contribution is -0.117. The van der Waals surface area contributed by atoms with Gasteiger partial charge in [0.1, 0.15) is 5.82 Å². The van der Waals surface area contributed by atoms with Gasteiger partial charge in [0.05, 0.1) is 44.6 Å². The Labute approximate surface area is 215 Å². The average Bonchev–Trinajstić information content (AvgIpc) is 3.52. The van der Waals surface area contributed by atoms with E-state index in [4.69, 9.17) is 0 Å². The van der Waals surface area contributed by atoms with Crippen molar-refractivity contribution in [2.24, 2.45) is 5.92 Å². The second-order valence-corrected chi connectivity index (χ2v) is 12.9.